The van der Waals surface area contributed by atoms with E-state index in [1.54, 1.807) is 11.4 Å². The van der Waals surface area contributed by atoms with Gasteiger partial charge in [-0.1, -0.05) is 6.42 Å². The molecular weight excluding hydrogens is 342 g/mol. The molecule has 8 heteroatoms. The topological polar surface area (TPSA) is 93.2 Å². The molecule has 1 aliphatic heterocycles. The number of hydrogen-bond acceptors (Lipinski definition) is 5. The van der Waals surface area contributed by atoms with Gasteiger partial charge in [-0.15, -0.1) is 11.3 Å². The Morgan fingerprint density at radius 3 is 3.04 bits per heavy atom. The molecule has 1 amide bonds. The van der Waals surface area contributed by atoms with Gasteiger partial charge >= 0.3 is 5.69 Å². The van der Waals surface area contributed by atoms with Crippen LogP contribution in [0.3, 0.4) is 0 Å². The van der Waals surface area contributed by atoms with Crippen LogP contribution in [-0.4, -0.2) is 34.7 Å². The van der Waals surface area contributed by atoms with Crippen molar-refractivity contribution in [3.05, 3.63) is 32.3 Å². The molecule has 0 bridgehead atoms. The third kappa shape index (κ3) is 4.58. The van der Waals surface area contributed by atoms with Gasteiger partial charge in [0, 0.05) is 26.1 Å². The molecule has 0 spiro atoms. The smallest absolute Gasteiger partial charge is 0.328 e. The van der Waals surface area contributed by atoms with Gasteiger partial charge in [0.15, 0.2) is 0 Å². The number of nitrogens with zero attached hydrogens (tertiary/aromatic N) is 1. The average molecular weight is 365 g/mol. The van der Waals surface area contributed by atoms with E-state index in [2.05, 4.69) is 10.3 Å². The first-order valence-corrected chi connectivity index (χ1v) is 9.62. The van der Waals surface area contributed by atoms with Crippen LogP contribution in [0.5, 0.6) is 0 Å². The molecule has 3 rings (SSSR count). The van der Waals surface area contributed by atoms with Crippen LogP contribution in [0.4, 0.5) is 0 Å². The van der Waals surface area contributed by atoms with E-state index < -0.39 is 0 Å². The zero-order chi connectivity index (χ0) is 17.6. The summed E-state index contributed by atoms with van der Waals surface area (Å²) in [6.45, 7) is 1.75. The van der Waals surface area contributed by atoms with E-state index in [4.69, 9.17) is 4.74 Å². The zero-order valence-corrected chi connectivity index (χ0v) is 14.9. The molecule has 136 valence electrons. The van der Waals surface area contributed by atoms with Crippen LogP contribution in [0, 0.1) is 0 Å². The lowest BCUT2D eigenvalue weighted by Crippen LogP contribution is -2.34. The molecule has 2 N–H and O–H groups in total. The summed E-state index contributed by atoms with van der Waals surface area (Å²) < 4.78 is 7.29. The molecule has 25 heavy (non-hydrogen) atoms. The van der Waals surface area contributed by atoms with E-state index in [1.807, 2.05) is 0 Å². The lowest BCUT2D eigenvalue weighted by Gasteiger charge is -2.10. The second kappa shape index (κ2) is 8.44. The van der Waals surface area contributed by atoms with Crippen molar-refractivity contribution in [2.24, 2.45) is 0 Å². The number of aromatic amines is 1. The number of thiophene rings is 1. The Morgan fingerprint density at radius 1 is 1.36 bits per heavy atom. The summed E-state index contributed by atoms with van der Waals surface area (Å²) in [5.74, 6) is 0.0329. The van der Waals surface area contributed by atoms with Gasteiger partial charge in [0.1, 0.15) is 4.70 Å². The van der Waals surface area contributed by atoms with Crippen molar-refractivity contribution >= 4 is 27.5 Å². The van der Waals surface area contributed by atoms with Gasteiger partial charge in [0.05, 0.1) is 11.6 Å². The molecule has 1 fully saturated rings. The summed E-state index contributed by atoms with van der Waals surface area (Å²) in [4.78, 5) is 38.7. The zero-order valence-electron chi connectivity index (χ0n) is 14.1. The van der Waals surface area contributed by atoms with Gasteiger partial charge in [-0.2, -0.15) is 0 Å². The van der Waals surface area contributed by atoms with Crippen LogP contribution >= 0.6 is 11.3 Å². The summed E-state index contributed by atoms with van der Waals surface area (Å²) in [6.07, 6.45) is 4.93. The number of fused-ring (bicyclic) bond motifs is 1. The Labute approximate surface area is 149 Å². The summed E-state index contributed by atoms with van der Waals surface area (Å²) in [6, 6.07) is 1.74. The molecule has 1 saturated heterocycles. The van der Waals surface area contributed by atoms with Crippen molar-refractivity contribution in [3.8, 4) is 0 Å². The number of amides is 1. The standard InChI is InChI=1S/C17H23N3O4S/c21-14(18-11-12-5-4-9-24-12)6-2-1-3-8-20-16(22)15-13(7-10-25-15)19-17(20)23/h7,10,12H,1-6,8-9,11H2,(H,18,21)(H,19,23). The second-order valence-corrected chi connectivity index (χ2v) is 7.22. The SMILES string of the molecule is O=C(CCCCCn1c(=O)[nH]c2ccsc2c1=O)NCC1CCCO1. The molecule has 0 radical (unpaired) electrons. The monoisotopic (exact) mass is 365 g/mol. The third-order valence-corrected chi connectivity index (χ3v) is 5.33. The summed E-state index contributed by atoms with van der Waals surface area (Å²) in [7, 11) is 0. The molecule has 1 unspecified atom stereocenters. The maximum atomic E-state index is 12.3. The van der Waals surface area contributed by atoms with Gasteiger partial charge in [0.2, 0.25) is 5.91 Å². The van der Waals surface area contributed by atoms with Gasteiger partial charge in [-0.25, -0.2) is 4.79 Å². The predicted octanol–water partition coefficient (Wildman–Crippen LogP) is 1.61. The fraction of sp³-hybridized carbons (Fsp3) is 0.588. The van der Waals surface area contributed by atoms with Crippen molar-refractivity contribution in [2.75, 3.05) is 13.2 Å². The van der Waals surface area contributed by atoms with E-state index in [-0.39, 0.29) is 23.3 Å². The van der Waals surface area contributed by atoms with Gasteiger partial charge in [-0.05, 0) is 37.1 Å². The molecule has 1 aliphatic rings. The molecule has 0 aromatic carbocycles. The fourth-order valence-corrected chi connectivity index (χ4v) is 3.82. The summed E-state index contributed by atoms with van der Waals surface area (Å²) in [5, 5.41) is 4.69. The Kier molecular flexibility index (Phi) is 6.04. The maximum absolute atomic E-state index is 12.3. The van der Waals surface area contributed by atoms with Gasteiger partial charge in [-0.3, -0.25) is 14.2 Å². The number of hydrogen-bond donors (Lipinski definition) is 2. The van der Waals surface area contributed by atoms with Crippen molar-refractivity contribution in [1.29, 1.82) is 0 Å². The molecule has 0 saturated carbocycles. The number of carbonyl (C=O) groups is 1. The minimum Gasteiger partial charge on any atom is -0.376 e. The van der Waals surface area contributed by atoms with Crippen molar-refractivity contribution in [2.45, 2.75) is 51.2 Å². The van der Waals surface area contributed by atoms with Crippen LogP contribution in [-0.2, 0) is 16.1 Å². The van der Waals surface area contributed by atoms with Crippen LogP contribution < -0.4 is 16.6 Å². The Balaban J connectivity index is 1.39. The normalized spacial score (nSPS) is 17.2. The summed E-state index contributed by atoms with van der Waals surface area (Å²) >= 11 is 1.33. The van der Waals surface area contributed by atoms with Gasteiger partial charge in [0.25, 0.3) is 5.56 Å². The first-order chi connectivity index (χ1) is 12.1. The van der Waals surface area contributed by atoms with Crippen LogP contribution in [0.1, 0.15) is 38.5 Å². The van der Waals surface area contributed by atoms with Gasteiger partial charge < -0.3 is 15.0 Å². The highest BCUT2D eigenvalue weighted by Gasteiger charge is 2.15. The largest absolute Gasteiger partial charge is 0.376 e. The van der Waals surface area contributed by atoms with E-state index in [0.29, 0.717) is 36.1 Å². The van der Waals surface area contributed by atoms with Crippen LogP contribution in [0.15, 0.2) is 21.0 Å². The van der Waals surface area contributed by atoms with Crippen molar-refractivity contribution in [3.63, 3.8) is 0 Å². The summed E-state index contributed by atoms with van der Waals surface area (Å²) in [5.41, 5.74) is -0.00701. The quantitative estimate of drug-likeness (QED) is 0.695. The highest BCUT2D eigenvalue weighted by atomic mass is 32.1. The highest BCUT2D eigenvalue weighted by Crippen LogP contribution is 2.12. The van der Waals surface area contributed by atoms with Crippen LogP contribution in [0.2, 0.25) is 0 Å². The number of carbonyl (C=O) groups excluding carboxylic acids is 1. The first-order valence-electron chi connectivity index (χ1n) is 8.74. The number of aromatic nitrogens is 2. The second-order valence-electron chi connectivity index (χ2n) is 6.30. The molecule has 0 aliphatic carbocycles. The molecule has 7 nitrogen and oxygen atoms in total. The number of nitrogens with one attached hydrogen (secondary N) is 2. The Morgan fingerprint density at radius 2 is 2.24 bits per heavy atom. The van der Waals surface area contributed by atoms with Crippen molar-refractivity contribution < 1.29 is 9.53 Å². The molecule has 2 aromatic heterocycles. The van der Waals surface area contributed by atoms with E-state index in [1.165, 1.54) is 15.9 Å². The number of rotatable bonds is 8. The van der Waals surface area contributed by atoms with E-state index in [9.17, 15) is 14.4 Å². The Bertz CT molecular complexity index is 832. The predicted molar refractivity (Wildman–Crippen MR) is 97.2 cm³/mol. The third-order valence-electron chi connectivity index (χ3n) is 4.43. The molecule has 2 aromatic rings. The lowest BCUT2D eigenvalue weighted by atomic mass is 10.2. The minimum absolute atomic E-state index is 0.0329. The minimum atomic E-state index is -0.370. The Hall–Kier alpha value is -1.93. The fourth-order valence-electron chi connectivity index (χ4n) is 3.03. The van der Waals surface area contributed by atoms with E-state index in [0.717, 1.165) is 32.3 Å². The number of ether oxygens (including phenoxy) is 1. The van der Waals surface area contributed by atoms with E-state index >= 15 is 0 Å². The lowest BCUT2D eigenvalue weighted by molar-refractivity contribution is -0.121. The molecule has 3 heterocycles. The van der Waals surface area contributed by atoms with Crippen LogP contribution in [0.25, 0.3) is 10.2 Å². The number of unbranched alkanes of at least 4 members (excludes halogenated alkanes) is 2. The highest BCUT2D eigenvalue weighted by molar-refractivity contribution is 7.17. The number of H-pyrrole nitrogens is 1. The molecule has 1 atom stereocenters. The molecular formula is C17H23N3O4S. The first kappa shape index (κ1) is 17.9. The maximum Gasteiger partial charge on any atom is 0.328 e. The average Bonchev–Trinajstić information content (AvgIpc) is 3.26. The van der Waals surface area contributed by atoms with Crippen molar-refractivity contribution in [1.82, 2.24) is 14.9 Å².